The molecule has 0 radical (unpaired) electrons. The molecule has 3 heterocycles. The molecule has 2 aliphatic rings. The molecule has 1 aromatic heterocycles. The maximum Gasteiger partial charge on any atom is 0.0909 e. The number of benzene rings is 1. The fourth-order valence-electron chi connectivity index (χ4n) is 2.14. The zero-order valence-corrected chi connectivity index (χ0v) is 8.38. The van der Waals surface area contributed by atoms with Gasteiger partial charge in [0.2, 0.25) is 0 Å². The van der Waals surface area contributed by atoms with Crippen LogP contribution in [0.5, 0.6) is 0 Å². The van der Waals surface area contributed by atoms with Crippen LogP contribution in [-0.2, 0) is 0 Å². The molecule has 0 bridgehead atoms. The van der Waals surface area contributed by atoms with Gasteiger partial charge < -0.3 is 0 Å². The fourth-order valence-corrected chi connectivity index (χ4v) is 2.14. The first-order valence-corrected chi connectivity index (χ1v) is 5.14. The van der Waals surface area contributed by atoms with Crippen molar-refractivity contribution in [2.45, 2.75) is 0 Å². The topological polar surface area (TPSA) is 37.6 Å². The van der Waals surface area contributed by atoms with Gasteiger partial charge in [0.15, 0.2) is 0 Å². The van der Waals surface area contributed by atoms with E-state index < -0.39 is 0 Å². The first-order chi connectivity index (χ1) is 7.92. The third-order valence-electron chi connectivity index (χ3n) is 2.91. The summed E-state index contributed by atoms with van der Waals surface area (Å²) in [6.07, 6.45) is 7.55. The van der Waals surface area contributed by atoms with Crippen molar-refractivity contribution < 1.29 is 0 Å². The molecule has 0 aliphatic carbocycles. The molecular weight excluding hydrogens is 198 g/mol. The third kappa shape index (κ3) is 0.896. The Morgan fingerprint density at radius 3 is 2.88 bits per heavy atom. The van der Waals surface area contributed by atoms with E-state index in [1.807, 2.05) is 24.4 Å². The van der Waals surface area contributed by atoms with Crippen LogP contribution in [-0.4, -0.2) is 17.4 Å². The molecule has 1 aromatic carbocycles. The highest BCUT2D eigenvalue weighted by atomic mass is 14.8. The number of nitrogens with zero attached hydrogens (tertiary/aromatic N) is 3. The summed E-state index contributed by atoms with van der Waals surface area (Å²) in [6.45, 7) is 0. The zero-order valence-electron chi connectivity index (χ0n) is 8.38. The van der Waals surface area contributed by atoms with E-state index in [-0.39, 0.29) is 0 Å². The number of hydrogen-bond acceptors (Lipinski definition) is 3. The van der Waals surface area contributed by atoms with Crippen LogP contribution in [0.2, 0.25) is 0 Å². The Kier molecular flexibility index (Phi) is 1.31. The molecule has 0 unspecified atom stereocenters. The molecule has 2 aliphatic heterocycles. The lowest BCUT2D eigenvalue weighted by Gasteiger charge is -2.01. The van der Waals surface area contributed by atoms with Gasteiger partial charge in [-0.25, -0.2) is 4.98 Å². The van der Waals surface area contributed by atoms with E-state index in [0.29, 0.717) is 0 Å². The Labute approximate surface area is 91.2 Å². The van der Waals surface area contributed by atoms with Gasteiger partial charge in [-0.3, -0.25) is 9.98 Å². The van der Waals surface area contributed by atoms with Crippen LogP contribution in [0.25, 0.3) is 23.1 Å². The minimum atomic E-state index is 0.933. The molecule has 74 valence electrons. The average molecular weight is 205 g/mol. The summed E-state index contributed by atoms with van der Waals surface area (Å²) >= 11 is 0. The molecule has 3 nitrogen and oxygen atoms in total. The molecular formula is C13H7N3. The first kappa shape index (κ1) is 7.93. The molecule has 16 heavy (non-hydrogen) atoms. The van der Waals surface area contributed by atoms with Gasteiger partial charge in [0.25, 0.3) is 0 Å². The molecule has 4 rings (SSSR count). The lowest BCUT2D eigenvalue weighted by atomic mass is 10.1. The average Bonchev–Trinajstić information content (AvgIpc) is 2.94. The van der Waals surface area contributed by atoms with E-state index in [2.05, 4.69) is 27.1 Å². The summed E-state index contributed by atoms with van der Waals surface area (Å²) in [5.41, 5.74) is 2.92. The second kappa shape index (κ2) is 2.64. The SMILES string of the molecule is C1=Nc2cc3c4c(ccc3nc2=C1)=CC=N4. The predicted molar refractivity (Wildman–Crippen MR) is 66.2 cm³/mol. The Morgan fingerprint density at radius 2 is 1.88 bits per heavy atom. The van der Waals surface area contributed by atoms with Crippen molar-refractivity contribution in [2.75, 3.05) is 0 Å². The minimum Gasteiger partial charge on any atom is -0.256 e. The number of hydrogen-bond donors (Lipinski definition) is 0. The second-order valence-electron chi connectivity index (χ2n) is 3.85. The van der Waals surface area contributed by atoms with Gasteiger partial charge >= 0.3 is 0 Å². The molecule has 0 amide bonds. The lowest BCUT2D eigenvalue weighted by molar-refractivity contribution is 1.31. The van der Waals surface area contributed by atoms with Crippen molar-refractivity contribution in [3.05, 3.63) is 28.8 Å². The van der Waals surface area contributed by atoms with Gasteiger partial charge in [-0.2, -0.15) is 0 Å². The van der Waals surface area contributed by atoms with Crippen molar-refractivity contribution in [3.63, 3.8) is 0 Å². The lowest BCUT2D eigenvalue weighted by Crippen LogP contribution is -2.06. The largest absolute Gasteiger partial charge is 0.256 e. The van der Waals surface area contributed by atoms with E-state index in [0.717, 1.165) is 32.8 Å². The summed E-state index contributed by atoms with van der Waals surface area (Å²) in [5, 5.41) is 3.17. The van der Waals surface area contributed by atoms with Gasteiger partial charge in [-0.1, -0.05) is 6.07 Å². The van der Waals surface area contributed by atoms with E-state index in [1.165, 1.54) is 0 Å². The number of fused-ring (bicyclic) bond motifs is 4. The molecule has 0 saturated carbocycles. The van der Waals surface area contributed by atoms with Crippen LogP contribution in [0.3, 0.4) is 0 Å². The molecule has 0 saturated heterocycles. The highest BCUT2D eigenvalue weighted by molar-refractivity contribution is 6.05. The van der Waals surface area contributed by atoms with Crippen LogP contribution >= 0.6 is 0 Å². The number of rotatable bonds is 0. The van der Waals surface area contributed by atoms with E-state index in [1.54, 1.807) is 6.21 Å². The quantitative estimate of drug-likeness (QED) is 0.637. The summed E-state index contributed by atoms with van der Waals surface area (Å²) < 4.78 is 0. The summed E-state index contributed by atoms with van der Waals surface area (Å²) in [5.74, 6) is 0. The van der Waals surface area contributed by atoms with Gasteiger partial charge in [0, 0.05) is 23.0 Å². The Bertz CT molecular complexity index is 796. The molecule has 0 atom stereocenters. The summed E-state index contributed by atoms with van der Waals surface area (Å²) in [7, 11) is 0. The molecule has 0 fully saturated rings. The smallest absolute Gasteiger partial charge is 0.0909 e. The number of aromatic nitrogens is 1. The van der Waals surface area contributed by atoms with Gasteiger partial charge in [0.05, 0.1) is 22.2 Å². The Hall–Kier alpha value is -2.29. The third-order valence-corrected chi connectivity index (χ3v) is 2.91. The monoisotopic (exact) mass is 205 g/mol. The molecule has 3 heteroatoms. The van der Waals surface area contributed by atoms with Crippen LogP contribution in [0.4, 0.5) is 11.4 Å². The summed E-state index contributed by atoms with van der Waals surface area (Å²) in [6, 6.07) is 6.15. The fraction of sp³-hybridized carbons (Fsp3) is 0. The Balaban J connectivity index is 2.26. The van der Waals surface area contributed by atoms with Gasteiger partial charge in [-0.05, 0) is 24.3 Å². The van der Waals surface area contributed by atoms with Crippen molar-refractivity contribution >= 4 is 46.9 Å². The van der Waals surface area contributed by atoms with E-state index in [4.69, 9.17) is 0 Å². The molecule has 0 spiro atoms. The number of pyridine rings is 1. The van der Waals surface area contributed by atoms with Crippen LogP contribution in [0, 0.1) is 0 Å². The van der Waals surface area contributed by atoms with Crippen LogP contribution in [0.15, 0.2) is 28.2 Å². The molecule has 0 N–H and O–H groups in total. The van der Waals surface area contributed by atoms with Crippen molar-refractivity contribution in [1.82, 2.24) is 4.98 Å². The highest BCUT2D eigenvalue weighted by Crippen LogP contribution is 2.24. The standard InChI is InChI=1S/C13H7N3/c1-2-10-9(13-8(1)3-5-15-13)7-12-11(16-10)4-6-14-12/h1-7H. The predicted octanol–water partition coefficient (Wildman–Crippen LogP) is 1.23. The van der Waals surface area contributed by atoms with Gasteiger partial charge in [-0.15, -0.1) is 0 Å². The van der Waals surface area contributed by atoms with Crippen molar-refractivity contribution in [2.24, 2.45) is 9.98 Å². The number of aliphatic imine (C=N–C) groups is 2. The minimum absolute atomic E-state index is 0.933. The van der Waals surface area contributed by atoms with Crippen molar-refractivity contribution in [3.8, 4) is 0 Å². The maximum absolute atomic E-state index is 4.56. The van der Waals surface area contributed by atoms with E-state index >= 15 is 0 Å². The molecule has 2 aromatic rings. The van der Waals surface area contributed by atoms with Crippen molar-refractivity contribution in [1.29, 1.82) is 0 Å². The normalized spacial score (nSPS) is 14.8. The highest BCUT2D eigenvalue weighted by Gasteiger charge is 2.08. The zero-order chi connectivity index (χ0) is 10.5. The van der Waals surface area contributed by atoms with E-state index in [9.17, 15) is 0 Å². The van der Waals surface area contributed by atoms with Crippen LogP contribution in [0.1, 0.15) is 0 Å². The van der Waals surface area contributed by atoms with Crippen LogP contribution < -0.4 is 10.6 Å². The first-order valence-electron chi connectivity index (χ1n) is 5.14. The Morgan fingerprint density at radius 1 is 0.938 bits per heavy atom. The second-order valence-corrected chi connectivity index (χ2v) is 3.85. The summed E-state index contributed by atoms with van der Waals surface area (Å²) in [4.78, 5) is 13.2. The van der Waals surface area contributed by atoms with Gasteiger partial charge in [0.1, 0.15) is 0 Å². The maximum atomic E-state index is 4.56.